The predicted molar refractivity (Wildman–Crippen MR) is 243 cm³/mol. The second kappa shape index (κ2) is 18.1. The number of aromatic nitrogens is 3. The zero-order valence-electron chi connectivity index (χ0n) is 36.6. The number of morpholine rings is 1. The van der Waals surface area contributed by atoms with Crippen LogP contribution in [0.1, 0.15) is 61.2 Å². The molecule has 0 bridgehead atoms. The molecular weight excluding hydrogens is 791 g/mol. The second-order valence-corrected chi connectivity index (χ2v) is 17.0. The molecule has 9 rings (SSSR count). The summed E-state index contributed by atoms with van der Waals surface area (Å²) in [6, 6.07) is 31.8. The highest BCUT2D eigenvalue weighted by Gasteiger charge is 2.33. The van der Waals surface area contributed by atoms with E-state index in [2.05, 4.69) is 41.2 Å². The molecule has 1 unspecified atom stereocenters. The number of benzene rings is 4. The third kappa shape index (κ3) is 8.78. The van der Waals surface area contributed by atoms with Crippen LogP contribution in [0.2, 0.25) is 0 Å². The third-order valence-electron chi connectivity index (χ3n) is 13.0. The summed E-state index contributed by atoms with van der Waals surface area (Å²) in [4.78, 5) is 51.6. The molecule has 3 amide bonds. The molecule has 1 atom stereocenters. The Morgan fingerprint density at radius 3 is 2.30 bits per heavy atom. The molecule has 63 heavy (non-hydrogen) atoms. The minimum Gasteiger partial charge on any atom is -0.492 e. The van der Waals surface area contributed by atoms with Crippen LogP contribution in [0.25, 0.3) is 11.3 Å². The summed E-state index contributed by atoms with van der Waals surface area (Å²) >= 11 is 0. The molecule has 5 heterocycles. The molecule has 1 fully saturated rings. The first-order chi connectivity index (χ1) is 30.6. The fraction of sp³-hybridized carbons (Fsp3) is 0.333. The van der Waals surface area contributed by atoms with Gasteiger partial charge in [0, 0.05) is 93.8 Å². The SMILES string of the molecule is Cc1c(C(=O)N(c2ccccc2)c2cnn(C)c2)cc(-c2cc3c(cc2C(=O)N2Cc4ccccc4CC2C)CN(C(=O)Cc2ccc(OCCN4CCOCC4)cc2)CC3)n1C. The van der Waals surface area contributed by atoms with Gasteiger partial charge in [0.1, 0.15) is 12.4 Å². The molecule has 4 aromatic carbocycles. The van der Waals surface area contributed by atoms with Gasteiger partial charge >= 0.3 is 0 Å². The van der Waals surface area contributed by atoms with Crippen molar-refractivity contribution in [2.45, 2.75) is 52.2 Å². The second-order valence-electron chi connectivity index (χ2n) is 17.0. The van der Waals surface area contributed by atoms with Crippen LogP contribution in [0.3, 0.4) is 0 Å². The Kier molecular flexibility index (Phi) is 12.0. The minimum atomic E-state index is -0.194. The fourth-order valence-electron chi connectivity index (χ4n) is 9.20. The quantitative estimate of drug-likeness (QED) is 0.137. The number of rotatable bonds is 11. The summed E-state index contributed by atoms with van der Waals surface area (Å²) in [6.45, 7) is 10.4. The Hall–Kier alpha value is -6.50. The smallest absolute Gasteiger partial charge is 0.264 e. The molecule has 0 spiro atoms. The minimum absolute atomic E-state index is 0.0258. The molecule has 0 N–H and O–H groups in total. The van der Waals surface area contributed by atoms with E-state index in [0.717, 1.165) is 89.9 Å². The van der Waals surface area contributed by atoms with Gasteiger partial charge < -0.3 is 23.8 Å². The van der Waals surface area contributed by atoms with E-state index in [1.165, 1.54) is 5.56 Å². The summed E-state index contributed by atoms with van der Waals surface area (Å²) < 4.78 is 15.2. The monoisotopic (exact) mass is 845 g/mol. The van der Waals surface area contributed by atoms with E-state index in [4.69, 9.17) is 9.47 Å². The zero-order chi connectivity index (χ0) is 43.6. The molecule has 1 saturated heterocycles. The number of aryl methyl sites for hydroxylation is 1. The van der Waals surface area contributed by atoms with E-state index in [-0.39, 0.29) is 30.2 Å². The van der Waals surface area contributed by atoms with Crippen molar-refractivity contribution in [3.05, 3.63) is 154 Å². The van der Waals surface area contributed by atoms with Crippen LogP contribution in [0, 0.1) is 6.92 Å². The average Bonchev–Trinajstić information content (AvgIpc) is 3.87. The normalized spacial score (nSPS) is 16.3. The van der Waals surface area contributed by atoms with Crippen molar-refractivity contribution in [3.8, 4) is 17.0 Å². The molecule has 3 aliphatic heterocycles. The Labute approximate surface area is 369 Å². The fourth-order valence-corrected chi connectivity index (χ4v) is 9.20. The predicted octanol–water partition coefficient (Wildman–Crippen LogP) is 7.14. The van der Waals surface area contributed by atoms with Gasteiger partial charge in [-0.1, -0.05) is 54.6 Å². The summed E-state index contributed by atoms with van der Waals surface area (Å²) in [7, 11) is 3.79. The average molecular weight is 846 g/mol. The molecule has 6 aromatic rings. The van der Waals surface area contributed by atoms with Gasteiger partial charge in [-0.3, -0.25) is 28.9 Å². The maximum absolute atomic E-state index is 15.1. The van der Waals surface area contributed by atoms with E-state index >= 15 is 4.79 Å². The van der Waals surface area contributed by atoms with Gasteiger partial charge in [0.25, 0.3) is 11.8 Å². The van der Waals surface area contributed by atoms with Gasteiger partial charge in [0.2, 0.25) is 5.91 Å². The van der Waals surface area contributed by atoms with Crippen molar-refractivity contribution in [2.24, 2.45) is 14.1 Å². The maximum atomic E-state index is 15.1. The third-order valence-corrected chi connectivity index (χ3v) is 13.0. The molecule has 324 valence electrons. The topological polar surface area (TPSA) is 105 Å². The molecule has 0 aliphatic carbocycles. The number of hydrogen-bond donors (Lipinski definition) is 0. The highest BCUT2D eigenvalue weighted by Crippen LogP contribution is 2.37. The highest BCUT2D eigenvalue weighted by atomic mass is 16.5. The molecule has 12 heteroatoms. The van der Waals surface area contributed by atoms with Crippen molar-refractivity contribution in [1.29, 1.82) is 0 Å². The number of amides is 3. The van der Waals surface area contributed by atoms with Crippen LogP contribution >= 0.6 is 0 Å². The van der Waals surface area contributed by atoms with E-state index in [9.17, 15) is 9.59 Å². The highest BCUT2D eigenvalue weighted by molar-refractivity contribution is 6.12. The van der Waals surface area contributed by atoms with Crippen molar-refractivity contribution >= 4 is 29.1 Å². The number of anilines is 2. The lowest BCUT2D eigenvalue weighted by molar-refractivity contribution is -0.131. The van der Waals surface area contributed by atoms with Crippen molar-refractivity contribution in [3.63, 3.8) is 0 Å². The van der Waals surface area contributed by atoms with Crippen LogP contribution in [0.5, 0.6) is 5.75 Å². The number of ether oxygens (including phenoxy) is 2. The number of carbonyl (C=O) groups is 3. The number of fused-ring (bicyclic) bond motifs is 2. The van der Waals surface area contributed by atoms with Crippen LogP contribution in [0.4, 0.5) is 11.4 Å². The Balaban J connectivity index is 1.00. The molecule has 3 aliphatic rings. The molecular formula is C51H55N7O5. The standard InChI is InChI=1S/C51H55N7O5/c1-35-26-38-10-8-9-11-40(38)33-57(35)50(60)47-29-41-32-56(49(59)27-37-14-16-44(17-15-37)63-25-22-55-20-23-62-24-21-55)19-18-39(41)28-46(47)48-30-45(36(2)54(48)4)51(61)58(42-12-6-5-7-13-42)43-31-52-53(3)34-43/h5-17,28-31,34-35H,18-27,32-33H2,1-4H3. The van der Waals surface area contributed by atoms with Gasteiger partial charge in [-0.05, 0) is 97.0 Å². The number of carbonyl (C=O) groups excluding carboxylic acids is 3. The van der Waals surface area contributed by atoms with Gasteiger partial charge in [-0.25, -0.2) is 0 Å². The molecule has 2 aromatic heterocycles. The number of hydrogen-bond acceptors (Lipinski definition) is 7. The van der Waals surface area contributed by atoms with Gasteiger partial charge in [0.05, 0.1) is 37.1 Å². The van der Waals surface area contributed by atoms with Crippen molar-refractivity contribution in [2.75, 3.05) is 50.9 Å². The number of nitrogens with zero attached hydrogens (tertiary/aromatic N) is 7. The molecule has 0 saturated carbocycles. The lowest BCUT2D eigenvalue weighted by Crippen LogP contribution is -2.43. The first-order valence-corrected chi connectivity index (χ1v) is 22.0. The molecule has 0 radical (unpaired) electrons. The Bertz CT molecular complexity index is 2630. The summed E-state index contributed by atoms with van der Waals surface area (Å²) in [5.41, 5.74) is 10.2. The maximum Gasteiger partial charge on any atom is 0.264 e. The summed E-state index contributed by atoms with van der Waals surface area (Å²) in [5.74, 6) is 0.565. The Morgan fingerprint density at radius 2 is 1.56 bits per heavy atom. The van der Waals surface area contributed by atoms with E-state index in [1.807, 2.05) is 114 Å². The van der Waals surface area contributed by atoms with Crippen LogP contribution in [0.15, 0.2) is 109 Å². The Morgan fingerprint density at radius 1 is 0.810 bits per heavy atom. The van der Waals surface area contributed by atoms with Gasteiger partial charge in [-0.15, -0.1) is 0 Å². The first kappa shape index (κ1) is 41.8. The van der Waals surface area contributed by atoms with Crippen LogP contribution in [-0.2, 0) is 56.0 Å². The lowest BCUT2D eigenvalue weighted by Gasteiger charge is -2.36. The van der Waals surface area contributed by atoms with Crippen molar-refractivity contribution in [1.82, 2.24) is 29.0 Å². The van der Waals surface area contributed by atoms with Crippen LogP contribution < -0.4 is 9.64 Å². The van der Waals surface area contributed by atoms with E-state index < -0.39 is 0 Å². The van der Waals surface area contributed by atoms with Crippen molar-refractivity contribution < 1.29 is 23.9 Å². The van der Waals surface area contributed by atoms with E-state index in [0.29, 0.717) is 49.5 Å². The molecule has 12 nitrogen and oxygen atoms in total. The lowest BCUT2D eigenvalue weighted by atomic mass is 9.89. The summed E-state index contributed by atoms with van der Waals surface area (Å²) in [6.07, 6.45) is 5.20. The van der Waals surface area contributed by atoms with Crippen LogP contribution in [-0.4, -0.2) is 98.8 Å². The number of para-hydroxylation sites is 1. The zero-order valence-corrected chi connectivity index (χ0v) is 36.6. The largest absolute Gasteiger partial charge is 0.492 e. The first-order valence-electron chi connectivity index (χ1n) is 22.0. The van der Waals surface area contributed by atoms with E-state index in [1.54, 1.807) is 15.8 Å². The van der Waals surface area contributed by atoms with Gasteiger partial charge in [0.15, 0.2) is 0 Å². The van der Waals surface area contributed by atoms with Gasteiger partial charge in [-0.2, -0.15) is 5.10 Å². The summed E-state index contributed by atoms with van der Waals surface area (Å²) in [5, 5.41) is 4.37.